The molecule has 120 valence electrons. The SMILES string of the molecule is C[C@@H]1CN(CCNCc2csc(-c3cccs3)n2)C[C@@H](C)O1. The Labute approximate surface area is 140 Å². The summed E-state index contributed by atoms with van der Waals surface area (Å²) in [6.07, 6.45) is 0.686. The molecule has 3 heterocycles. The molecule has 1 saturated heterocycles. The normalized spacial score (nSPS) is 23.0. The molecule has 1 fully saturated rings. The number of hydrogen-bond donors (Lipinski definition) is 1. The predicted molar refractivity (Wildman–Crippen MR) is 93.6 cm³/mol. The highest BCUT2D eigenvalue weighted by Gasteiger charge is 2.21. The van der Waals surface area contributed by atoms with Crippen LogP contribution < -0.4 is 5.32 Å². The van der Waals surface area contributed by atoms with Gasteiger partial charge in [-0.1, -0.05) is 6.07 Å². The van der Waals surface area contributed by atoms with E-state index in [4.69, 9.17) is 9.72 Å². The number of rotatable bonds is 6. The van der Waals surface area contributed by atoms with E-state index in [9.17, 15) is 0 Å². The van der Waals surface area contributed by atoms with Crippen LogP contribution in [0.15, 0.2) is 22.9 Å². The quantitative estimate of drug-likeness (QED) is 0.822. The van der Waals surface area contributed by atoms with Crippen molar-refractivity contribution in [3.63, 3.8) is 0 Å². The molecule has 1 N–H and O–H groups in total. The Kier molecular flexibility index (Phi) is 5.60. The van der Waals surface area contributed by atoms with Gasteiger partial charge in [0.1, 0.15) is 5.01 Å². The molecular weight excluding hydrogens is 314 g/mol. The Morgan fingerprint density at radius 2 is 2.14 bits per heavy atom. The average molecular weight is 338 g/mol. The van der Waals surface area contributed by atoms with Gasteiger partial charge in [-0.05, 0) is 25.3 Å². The molecule has 0 spiro atoms. The first-order valence-electron chi connectivity index (χ1n) is 7.77. The third kappa shape index (κ3) is 4.36. The molecule has 2 aromatic rings. The Balaban J connectivity index is 1.40. The minimum absolute atomic E-state index is 0.343. The molecule has 3 rings (SSSR count). The van der Waals surface area contributed by atoms with E-state index in [1.165, 1.54) is 4.88 Å². The van der Waals surface area contributed by atoms with Crippen LogP contribution in [0.4, 0.5) is 0 Å². The minimum Gasteiger partial charge on any atom is -0.373 e. The summed E-state index contributed by atoms with van der Waals surface area (Å²) >= 11 is 3.47. The highest BCUT2D eigenvalue weighted by Crippen LogP contribution is 2.27. The van der Waals surface area contributed by atoms with Crippen molar-refractivity contribution < 1.29 is 4.74 Å². The lowest BCUT2D eigenvalue weighted by Crippen LogP contribution is -2.47. The van der Waals surface area contributed by atoms with E-state index in [-0.39, 0.29) is 0 Å². The zero-order valence-electron chi connectivity index (χ0n) is 13.1. The Bertz CT molecular complexity index is 560. The molecule has 1 aliphatic rings. The largest absolute Gasteiger partial charge is 0.373 e. The maximum atomic E-state index is 5.76. The fourth-order valence-electron chi connectivity index (χ4n) is 2.82. The maximum absolute atomic E-state index is 5.76. The summed E-state index contributed by atoms with van der Waals surface area (Å²) in [4.78, 5) is 8.43. The van der Waals surface area contributed by atoms with Crippen LogP contribution in [-0.2, 0) is 11.3 Å². The monoisotopic (exact) mass is 337 g/mol. The van der Waals surface area contributed by atoms with Crippen molar-refractivity contribution in [2.45, 2.75) is 32.6 Å². The Morgan fingerprint density at radius 1 is 1.32 bits per heavy atom. The topological polar surface area (TPSA) is 37.4 Å². The average Bonchev–Trinajstić information content (AvgIpc) is 3.13. The maximum Gasteiger partial charge on any atom is 0.133 e. The zero-order chi connectivity index (χ0) is 15.4. The van der Waals surface area contributed by atoms with Crippen molar-refractivity contribution in [3.05, 3.63) is 28.6 Å². The molecule has 4 nitrogen and oxygen atoms in total. The van der Waals surface area contributed by atoms with E-state index >= 15 is 0 Å². The van der Waals surface area contributed by atoms with Crippen molar-refractivity contribution in [3.8, 4) is 9.88 Å². The van der Waals surface area contributed by atoms with Crippen LogP contribution in [0.5, 0.6) is 0 Å². The summed E-state index contributed by atoms with van der Waals surface area (Å²) in [6, 6.07) is 4.20. The number of aromatic nitrogens is 1. The number of ether oxygens (including phenoxy) is 1. The summed E-state index contributed by atoms with van der Waals surface area (Å²) < 4.78 is 5.76. The van der Waals surface area contributed by atoms with E-state index in [0.717, 1.165) is 43.4 Å². The van der Waals surface area contributed by atoms with Crippen molar-refractivity contribution in [1.82, 2.24) is 15.2 Å². The molecule has 22 heavy (non-hydrogen) atoms. The first kappa shape index (κ1) is 16.1. The van der Waals surface area contributed by atoms with Crippen LogP contribution in [0.3, 0.4) is 0 Å². The van der Waals surface area contributed by atoms with Crippen LogP contribution in [0.2, 0.25) is 0 Å². The summed E-state index contributed by atoms with van der Waals surface area (Å²) in [7, 11) is 0. The van der Waals surface area contributed by atoms with Gasteiger partial charge in [-0.15, -0.1) is 22.7 Å². The van der Waals surface area contributed by atoms with Gasteiger partial charge in [0.25, 0.3) is 0 Å². The summed E-state index contributed by atoms with van der Waals surface area (Å²) in [5.74, 6) is 0. The van der Waals surface area contributed by atoms with E-state index in [0.29, 0.717) is 12.2 Å². The molecule has 0 bridgehead atoms. The molecule has 6 heteroatoms. The van der Waals surface area contributed by atoms with Gasteiger partial charge in [-0.2, -0.15) is 0 Å². The number of morpholine rings is 1. The molecule has 2 atom stereocenters. The van der Waals surface area contributed by atoms with Crippen LogP contribution in [0.1, 0.15) is 19.5 Å². The lowest BCUT2D eigenvalue weighted by Gasteiger charge is -2.35. The highest BCUT2D eigenvalue weighted by molar-refractivity contribution is 7.20. The molecule has 2 aromatic heterocycles. The molecule has 0 saturated carbocycles. The molecule has 0 amide bonds. The second-order valence-corrected chi connectivity index (χ2v) is 7.62. The number of hydrogen-bond acceptors (Lipinski definition) is 6. The van der Waals surface area contributed by atoms with Gasteiger partial charge in [0, 0.05) is 38.1 Å². The summed E-state index contributed by atoms with van der Waals surface area (Å²) in [5.41, 5.74) is 1.14. The highest BCUT2D eigenvalue weighted by atomic mass is 32.1. The summed E-state index contributed by atoms with van der Waals surface area (Å²) in [5, 5.41) is 8.88. The first-order chi connectivity index (χ1) is 10.7. The lowest BCUT2D eigenvalue weighted by atomic mass is 10.2. The Hall–Kier alpha value is -0.790. The van der Waals surface area contributed by atoms with Crippen molar-refractivity contribution >= 4 is 22.7 Å². The smallest absolute Gasteiger partial charge is 0.133 e. The number of nitrogens with zero attached hydrogens (tertiary/aromatic N) is 2. The molecule has 0 aliphatic carbocycles. The third-order valence-electron chi connectivity index (χ3n) is 3.69. The van der Waals surface area contributed by atoms with E-state index in [1.54, 1.807) is 22.7 Å². The number of thiophene rings is 1. The van der Waals surface area contributed by atoms with Crippen molar-refractivity contribution in [2.24, 2.45) is 0 Å². The van der Waals surface area contributed by atoms with E-state index < -0.39 is 0 Å². The van der Waals surface area contributed by atoms with E-state index in [1.807, 2.05) is 0 Å². The third-order valence-corrected chi connectivity index (χ3v) is 5.62. The van der Waals surface area contributed by atoms with Gasteiger partial charge < -0.3 is 10.1 Å². The van der Waals surface area contributed by atoms with Gasteiger partial charge >= 0.3 is 0 Å². The summed E-state index contributed by atoms with van der Waals surface area (Å²) in [6.45, 7) is 9.27. The predicted octanol–water partition coefficient (Wildman–Crippen LogP) is 3.07. The molecular formula is C16H23N3OS2. The van der Waals surface area contributed by atoms with Crippen molar-refractivity contribution in [2.75, 3.05) is 26.2 Å². The van der Waals surface area contributed by atoms with Crippen LogP contribution >= 0.6 is 22.7 Å². The molecule has 1 aliphatic heterocycles. The van der Waals surface area contributed by atoms with Gasteiger partial charge in [-0.3, -0.25) is 4.90 Å². The second-order valence-electron chi connectivity index (χ2n) is 5.81. The minimum atomic E-state index is 0.343. The Morgan fingerprint density at radius 3 is 2.86 bits per heavy atom. The molecule has 0 aromatic carbocycles. The van der Waals surface area contributed by atoms with Gasteiger partial charge in [-0.25, -0.2) is 4.98 Å². The second kappa shape index (κ2) is 7.66. The van der Waals surface area contributed by atoms with Crippen LogP contribution in [0.25, 0.3) is 9.88 Å². The molecule has 0 unspecified atom stereocenters. The zero-order valence-corrected chi connectivity index (χ0v) is 14.8. The van der Waals surface area contributed by atoms with Gasteiger partial charge in [0.05, 0.1) is 22.8 Å². The fourth-order valence-corrected chi connectivity index (χ4v) is 4.46. The lowest BCUT2D eigenvalue weighted by molar-refractivity contribution is -0.0674. The first-order valence-corrected chi connectivity index (χ1v) is 9.53. The van der Waals surface area contributed by atoms with Gasteiger partial charge in [0.15, 0.2) is 0 Å². The van der Waals surface area contributed by atoms with Gasteiger partial charge in [0.2, 0.25) is 0 Å². The van der Waals surface area contributed by atoms with Crippen LogP contribution in [-0.4, -0.2) is 48.3 Å². The van der Waals surface area contributed by atoms with E-state index in [2.05, 4.69) is 47.0 Å². The molecule has 0 radical (unpaired) electrons. The number of nitrogens with one attached hydrogen (secondary N) is 1. The fraction of sp³-hybridized carbons (Fsp3) is 0.562. The number of thiazole rings is 1. The standard InChI is InChI=1S/C16H23N3OS2/c1-12-9-19(10-13(2)20-12)6-5-17-8-14-11-22-16(18-14)15-4-3-7-21-15/h3-4,7,11-13,17H,5-6,8-10H2,1-2H3/t12-,13-/m1/s1. The van der Waals surface area contributed by atoms with Crippen LogP contribution in [0, 0.1) is 0 Å². The van der Waals surface area contributed by atoms with Crippen molar-refractivity contribution in [1.29, 1.82) is 0 Å².